The van der Waals surface area contributed by atoms with Crippen LogP contribution in [-0.4, -0.2) is 26.1 Å². The van der Waals surface area contributed by atoms with Gasteiger partial charge in [0.1, 0.15) is 24.1 Å². The number of hydrogen-bond donors (Lipinski definition) is 0. The quantitative estimate of drug-likeness (QED) is 0.738. The number of aromatic nitrogens is 4. The van der Waals surface area contributed by atoms with Crippen LogP contribution in [0, 0.1) is 11.3 Å². The van der Waals surface area contributed by atoms with Crippen LogP contribution in [0.25, 0.3) is 11.2 Å². The molecule has 1 aliphatic heterocycles. The van der Waals surface area contributed by atoms with Gasteiger partial charge in [-0.2, -0.15) is 5.26 Å². The Kier molecular flexibility index (Phi) is 2.46. The average molecular weight is 229 g/mol. The van der Waals surface area contributed by atoms with E-state index >= 15 is 0 Å². The molecule has 6 heteroatoms. The van der Waals surface area contributed by atoms with Crippen molar-refractivity contribution in [2.45, 2.75) is 25.5 Å². The molecule has 17 heavy (non-hydrogen) atoms. The largest absolute Gasteiger partial charge is 0.358 e. The molecule has 2 aromatic heterocycles. The molecule has 0 aromatic carbocycles. The summed E-state index contributed by atoms with van der Waals surface area (Å²) in [7, 11) is 0. The van der Waals surface area contributed by atoms with Crippen molar-refractivity contribution >= 4 is 11.2 Å². The maximum absolute atomic E-state index is 8.93. The van der Waals surface area contributed by atoms with Gasteiger partial charge < -0.3 is 4.74 Å². The number of nitriles is 1. The molecule has 86 valence electrons. The average Bonchev–Trinajstić information content (AvgIpc) is 2.83. The second-order valence-electron chi connectivity index (χ2n) is 3.98. The summed E-state index contributed by atoms with van der Waals surface area (Å²) in [4.78, 5) is 12.3. The number of ether oxygens (including phenoxy) is 1. The summed E-state index contributed by atoms with van der Waals surface area (Å²) in [5.74, 6) is 0. The molecule has 1 aliphatic rings. The smallest absolute Gasteiger partial charge is 0.171 e. The van der Waals surface area contributed by atoms with E-state index in [1.54, 1.807) is 6.33 Å². The van der Waals surface area contributed by atoms with Crippen LogP contribution in [0.5, 0.6) is 0 Å². The van der Waals surface area contributed by atoms with Crippen molar-refractivity contribution in [3.63, 3.8) is 0 Å². The molecule has 2 aromatic rings. The summed E-state index contributed by atoms with van der Waals surface area (Å²) in [6.07, 6.45) is 6.24. The number of fused-ring (bicyclic) bond motifs is 1. The minimum Gasteiger partial charge on any atom is -0.358 e. The number of imidazole rings is 1. The van der Waals surface area contributed by atoms with Gasteiger partial charge in [-0.15, -0.1) is 0 Å². The van der Waals surface area contributed by atoms with E-state index in [9.17, 15) is 0 Å². The summed E-state index contributed by atoms with van der Waals surface area (Å²) in [6.45, 7) is 0.764. The number of hydrogen-bond acceptors (Lipinski definition) is 5. The zero-order valence-corrected chi connectivity index (χ0v) is 9.20. The Bertz CT molecular complexity index is 579. The SMILES string of the molecule is N#Cc1ncnc2c1ncn2C1CCCCO1. The maximum Gasteiger partial charge on any atom is 0.171 e. The normalized spacial score (nSPS) is 20.3. The maximum atomic E-state index is 8.93. The van der Waals surface area contributed by atoms with Crippen LogP contribution in [-0.2, 0) is 4.74 Å². The van der Waals surface area contributed by atoms with Gasteiger partial charge in [0, 0.05) is 6.61 Å². The summed E-state index contributed by atoms with van der Waals surface area (Å²) < 4.78 is 7.57. The summed E-state index contributed by atoms with van der Waals surface area (Å²) in [5, 5.41) is 8.93. The molecule has 3 heterocycles. The molecule has 0 N–H and O–H groups in total. The highest BCUT2D eigenvalue weighted by molar-refractivity contribution is 5.75. The van der Waals surface area contributed by atoms with E-state index in [2.05, 4.69) is 15.0 Å². The molecular formula is C11H11N5O. The molecule has 3 rings (SSSR count). The molecule has 1 saturated heterocycles. The van der Waals surface area contributed by atoms with Crippen molar-refractivity contribution in [3.05, 3.63) is 18.3 Å². The fourth-order valence-corrected chi connectivity index (χ4v) is 2.09. The Balaban J connectivity index is 2.09. The van der Waals surface area contributed by atoms with Crippen molar-refractivity contribution in [2.75, 3.05) is 6.61 Å². The highest BCUT2D eigenvalue weighted by atomic mass is 16.5. The lowest BCUT2D eigenvalue weighted by Crippen LogP contribution is -2.17. The minimum absolute atomic E-state index is 0.0183. The lowest BCUT2D eigenvalue weighted by molar-refractivity contribution is -0.0298. The molecule has 0 spiro atoms. The molecule has 0 radical (unpaired) electrons. The highest BCUT2D eigenvalue weighted by Crippen LogP contribution is 2.25. The number of nitrogens with zero attached hydrogens (tertiary/aromatic N) is 5. The summed E-state index contributed by atoms with van der Waals surface area (Å²) in [5.41, 5.74) is 1.53. The van der Waals surface area contributed by atoms with Crippen molar-refractivity contribution in [1.82, 2.24) is 19.5 Å². The first kappa shape index (κ1) is 10.2. The van der Waals surface area contributed by atoms with Crippen molar-refractivity contribution in [3.8, 4) is 6.07 Å². The molecule has 6 nitrogen and oxygen atoms in total. The van der Waals surface area contributed by atoms with Gasteiger partial charge in [0.2, 0.25) is 0 Å². The van der Waals surface area contributed by atoms with Gasteiger partial charge in [-0.3, -0.25) is 4.57 Å². The van der Waals surface area contributed by atoms with Crippen LogP contribution in [0.3, 0.4) is 0 Å². The highest BCUT2D eigenvalue weighted by Gasteiger charge is 2.19. The van der Waals surface area contributed by atoms with Gasteiger partial charge in [0.05, 0.1) is 6.33 Å². The lowest BCUT2D eigenvalue weighted by Gasteiger charge is -2.23. The topological polar surface area (TPSA) is 76.6 Å². The van der Waals surface area contributed by atoms with Crippen LogP contribution in [0.4, 0.5) is 0 Å². The second-order valence-corrected chi connectivity index (χ2v) is 3.98. The van der Waals surface area contributed by atoms with E-state index < -0.39 is 0 Å². The molecule has 1 fully saturated rings. The third kappa shape index (κ3) is 1.65. The molecule has 0 amide bonds. The Morgan fingerprint density at radius 3 is 3.06 bits per heavy atom. The van der Waals surface area contributed by atoms with E-state index in [1.165, 1.54) is 6.33 Å². The Labute approximate surface area is 97.9 Å². The molecular weight excluding hydrogens is 218 g/mol. The third-order valence-corrected chi connectivity index (χ3v) is 2.93. The summed E-state index contributed by atoms with van der Waals surface area (Å²) in [6, 6.07) is 2.02. The third-order valence-electron chi connectivity index (χ3n) is 2.93. The fraction of sp³-hybridized carbons (Fsp3) is 0.455. The van der Waals surface area contributed by atoms with Crippen molar-refractivity contribution < 1.29 is 4.74 Å². The van der Waals surface area contributed by atoms with Crippen molar-refractivity contribution in [1.29, 1.82) is 5.26 Å². The zero-order valence-electron chi connectivity index (χ0n) is 9.20. The van der Waals surface area contributed by atoms with Gasteiger partial charge >= 0.3 is 0 Å². The molecule has 0 aliphatic carbocycles. The van der Waals surface area contributed by atoms with Crippen LogP contribution in [0.1, 0.15) is 31.2 Å². The predicted molar refractivity (Wildman–Crippen MR) is 58.9 cm³/mol. The summed E-state index contributed by atoms with van der Waals surface area (Å²) >= 11 is 0. The molecule has 0 saturated carbocycles. The molecule has 0 bridgehead atoms. The first-order valence-electron chi connectivity index (χ1n) is 5.59. The standard InChI is InChI=1S/C11H11N5O/c12-5-8-10-11(14-6-13-8)16(7-15-10)9-3-1-2-4-17-9/h6-7,9H,1-4H2. The zero-order chi connectivity index (χ0) is 11.7. The van der Waals surface area contributed by atoms with Gasteiger partial charge in [0.15, 0.2) is 11.3 Å². The van der Waals surface area contributed by atoms with E-state index in [0.717, 1.165) is 25.9 Å². The van der Waals surface area contributed by atoms with Gasteiger partial charge in [0.25, 0.3) is 0 Å². The molecule has 1 unspecified atom stereocenters. The monoisotopic (exact) mass is 229 g/mol. The Hall–Kier alpha value is -2.00. The van der Waals surface area contributed by atoms with E-state index in [4.69, 9.17) is 10.00 Å². The Morgan fingerprint density at radius 2 is 2.29 bits per heavy atom. The van der Waals surface area contributed by atoms with E-state index in [1.807, 2.05) is 10.6 Å². The van der Waals surface area contributed by atoms with Crippen LogP contribution >= 0.6 is 0 Å². The van der Waals surface area contributed by atoms with Crippen LogP contribution < -0.4 is 0 Å². The van der Waals surface area contributed by atoms with Gasteiger partial charge in [-0.1, -0.05) is 0 Å². The first-order valence-corrected chi connectivity index (χ1v) is 5.59. The molecule has 1 atom stereocenters. The van der Waals surface area contributed by atoms with Gasteiger partial charge in [-0.05, 0) is 19.3 Å². The first-order chi connectivity index (χ1) is 8.40. The minimum atomic E-state index is -0.0183. The van der Waals surface area contributed by atoms with E-state index in [-0.39, 0.29) is 6.23 Å². The van der Waals surface area contributed by atoms with Gasteiger partial charge in [-0.25, -0.2) is 15.0 Å². The van der Waals surface area contributed by atoms with Crippen molar-refractivity contribution in [2.24, 2.45) is 0 Å². The van der Waals surface area contributed by atoms with Crippen LogP contribution in [0.15, 0.2) is 12.7 Å². The van der Waals surface area contributed by atoms with Crippen LogP contribution in [0.2, 0.25) is 0 Å². The second kappa shape index (κ2) is 4.11. The fourth-order valence-electron chi connectivity index (χ4n) is 2.09. The van der Waals surface area contributed by atoms with E-state index in [0.29, 0.717) is 16.9 Å². The Morgan fingerprint density at radius 1 is 1.35 bits per heavy atom. The number of rotatable bonds is 1. The lowest BCUT2D eigenvalue weighted by atomic mass is 10.2. The predicted octanol–water partition coefficient (Wildman–Crippen LogP) is 1.40.